The minimum atomic E-state index is 0.767. The number of aryl methyl sites for hydroxylation is 1. The van der Waals surface area contributed by atoms with Crippen LogP contribution in [0.5, 0.6) is 0 Å². The molecular formula is C18H36N6O. The molecule has 1 rings (SSSR count). The first-order valence-electron chi connectivity index (χ1n) is 9.78. The van der Waals surface area contributed by atoms with Gasteiger partial charge in [-0.05, 0) is 19.8 Å². The average molecular weight is 353 g/mol. The SMILES string of the molecule is CCCCCCNC(=NCCCOCC)NCCn1cnnc1CC. The second-order valence-electron chi connectivity index (χ2n) is 5.99. The molecule has 0 saturated heterocycles. The van der Waals surface area contributed by atoms with Crippen LogP contribution in [0.2, 0.25) is 0 Å². The third kappa shape index (κ3) is 10.1. The molecule has 0 saturated carbocycles. The quantitative estimate of drug-likeness (QED) is 0.305. The molecular weight excluding hydrogens is 316 g/mol. The first-order valence-corrected chi connectivity index (χ1v) is 9.78. The lowest BCUT2D eigenvalue weighted by molar-refractivity contribution is 0.146. The molecule has 0 spiro atoms. The fraction of sp³-hybridized carbons (Fsp3) is 0.833. The fourth-order valence-electron chi connectivity index (χ4n) is 2.47. The predicted molar refractivity (Wildman–Crippen MR) is 103 cm³/mol. The third-order valence-electron chi connectivity index (χ3n) is 3.90. The molecule has 0 aromatic carbocycles. The molecule has 0 unspecified atom stereocenters. The van der Waals surface area contributed by atoms with Gasteiger partial charge >= 0.3 is 0 Å². The van der Waals surface area contributed by atoms with Gasteiger partial charge in [0, 0.05) is 45.8 Å². The molecule has 0 aliphatic heterocycles. The number of guanidine groups is 1. The van der Waals surface area contributed by atoms with Crippen molar-refractivity contribution in [3.05, 3.63) is 12.2 Å². The van der Waals surface area contributed by atoms with Crippen LogP contribution in [-0.4, -0.2) is 53.6 Å². The second-order valence-corrected chi connectivity index (χ2v) is 5.99. The van der Waals surface area contributed by atoms with E-state index < -0.39 is 0 Å². The third-order valence-corrected chi connectivity index (χ3v) is 3.90. The van der Waals surface area contributed by atoms with E-state index in [1.54, 1.807) is 6.33 Å². The Morgan fingerprint density at radius 2 is 1.96 bits per heavy atom. The van der Waals surface area contributed by atoms with Crippen molar-refractivity contribution in [3.8, 4) is 0 Å². The molecule has 0 amide bonds. The standard InChI is InChI=1S/C18H36N6O/c1-4-7-8-9-11-19-18(20-12-10-15-25-6-3)21-13-14-24-16-22-23-17(24)5-2/h16H,4-15H2,1-3H3,(H2,19,20,21). The van der Waals surface area contributed by atoms with E-state index in [9.17, 15) is 0 Å². The summed E-state index contributed by atoms with van der Waals surface area (Å²) in [7, 11) is 0. The van der Waals surface area contributed by atoms with Gasteiger partial charge in [0.15, 0.2) is 5.96 Å². The van der Waals surface area contributed by atoms with Gasteiger partial charge in [0.1, 0.15) is 12.2 Å². The van der Waals surface area contributed by atoms with E-state index in [1.165, 1.54) is 25.7 Å². The normalized spacial score (nSPS) is 11.7. The van der Waals surface area contributed by atoms with Crippen LogP contribution >= 0.6 is 0 Å². The molecule has 144 valence electrons. The highest BCUT2D eigenvalue weighted by molar-refractivity contribution is 5.79. The van der Waals surface area contributed by atoms with Crippen LogP contribution in [-0.2, 0) is 17.7 Å². The number of aliphatic imine (C=N–C) groups is 1. The summed E-state index contributed by atoms with van der Waals surface area (Å²) >= 11 is 0. The number of rotatable bonds is 14. The van der Waals surface area contributed by atoms with Gasteiger partial charge in [0.25, 0.3) is 0 Å². The zero-order chi connectivity index (χ0) is 18.2. The van der Waals surface area contributed by atoms with Crippen LogP contribution in [0.15, 0.2) is 11.3 Å². The summed E-state index contributed by atoms with van der Waals surface area (Å²) in [6.45, 7) is 11.3. The number of aromatic nitrogens is 3. The van der Waals surface area contributed by atoms with Crippen molar-refractivity contribution < 1.29 is 4.74 Å². The highest BCUT2D eigenvalue weighted by Gasteiger charge is 2.02. The Hall–Kier alpha value is -1.63. The molecule has 7 nitrogen and oxygen atoms in total. The Bertz CT molecular complexity index is 460. The molecule has 0 fully saturated rings. The average Bonchev–Trinajstić information content (AvgIpc) is 3.08. The summed E-state index contributed by atoms with van der Waals surface area (Å²) < 4.78 is 7.45. The largest absolute Gasteiger partial charge is 0.382 e. The van der Waals surface area contributed by atoms with Gasteiger partial charge in [-0.1, -0.05) is 33.1 Å². The van der Waals surface area contributed by atoms with Crippen molar-refractivity contribution in [2.24, 2.45) is 4.99 Å². The van der Waals surface area contributed by atoms with Gasteiger partial charge in [-0.2, -0.15) is 0 Å². The topological polar surface area (TPSA) is 76.4 Å². The highest BCUT2D eigenvalue weighted by atomic mass is 16.5. The Balaban J connectivity index is 2.36. The number of nitrogens with zero attached hydrogens (tertiary/aromatic N) is 4. The molecule has 25 heavy (non-hydrogen) atoms. The number of nitrogens with one attached hydrogen (secondary N) is 2. The van der Waals surface area contributed by atoms with Gasteiger partial charge < -0.3 is 19.9 Å². The van der Waals surface area contributed by atoms with Gasteiger partial charge in [-0.25, -0.2) is 0 Å². The lowest BCUT2D eigenvalue weighted by Gasteiger charge is -2.13. The van der Waals surface area contributed by atoms with Crippen LogP contribution in [0.25, 0.3) is 0 Å². The summed E-state index contributed by atoms with van der Waals surface area (Å²) in [5.41, 5.74) is 0. The van der Waals surface area contributed by atoms with Crippen LogP contribution < -0.4 is 10.6 Å². The summed E-state index contributed by atoms with van der Waals surface area (Å²) in [5, 5.41) is 14.9. The predicted octanol–water partition coefficient (Wildman–Crippen LogP) is 2.38. The number of unbranched alkanes of at least 4 members (excludes halogenated alkanes) is 3. The molecule has 1 aromatic rings. The summed E-state index contributed by atoms with van der Waals surface area (Å²) in [4.78, 5) is 4.65. The Morgan fingerprint density at radius 3 is 2.72 bits per heavy atom. The Kier molecular flexibility index (Phi) is 12.6. The van der Waals surface area contributed by atoms with Gasteiger partial charge in [-0.3, -0.25) is 4.99 Å². The molecule has 1 heterocycles. The van der Waals surface area contributed by atoms with Crippen molar-refractivity contribution in [2.75, 3.05) is 32.8 Å². The van der Waals surface area contributed by atoms with E-state index in [1.807, 2.05) is 6.92 Å². The maximum absolute atomic E-state index is 5.37. The number of hydrogen-bond acceptors (Lipinski definition) is 4. The molecule has 0 aliphatic carbocycles. The first-order chi connectivity index (χ1) is 12.3. The zero-order valence-electron chi connectivity index (χ0n) is 16.3. The maximum atomic E-state index is 5.37. The molecule has 0 atom stereocenters. The van der Waals surface area contributed by atoms with Gasteiger partial charge in [-0.15, -0.1) is 10.2 Å². The van der Waals surface area contributed by atoms with Crippen LogP contribution in [0.1, 0.15) is 58.7 Å². The second kappa shape index (κ2) is 14.7. The lowest BCUT2D eigenvalue weighted by atomic mass is 10.2. The van der Waals surface area contributed by atoms with E-state index in [2.05, 4.69) is 44.2 Å². The molecule has 0 aliphatic rings. The summed E-state index contributed by atoms with van der Waals surface area (Å²) in [6.07, 6.45) is 8.63. The lowest BCUT2D eigenvalue weighted by Crippen LogP contribution is -2.39. The zero-order valence-corrected chi connectivity index (χ0v) is 16.3. The molecule has 1 aromatic heterocycles. The smallest absolute Gasteiger partial charge is 0.191 e. The molecule has 2 N–H and O–H groups in total. The van der Waals surface area contributed by atoms with Crippen molar-refractivity contribution in [1.29, 1.82) is 0 Å². The maximum Gasteiger partial charge on any atom is 0.191 e. The van der Waals surface area contributed by atoms with Crippen molar-refractivity contribution in [2.45, 2.75) is 65.8 Å². The minimum Gasteiger partial charge on any atom is -0.382 e. The number of hydrogen-bond donors (Lipinski definition) is 2. The monoisotopic (exact) mass is 352 g/mol. The molecule has 0 bridgehead atoms. The van der Waals surface area contributed by atoms with Gasteiger partial charge in [0.05, 0.1) is 0 Å². The van der Waals surface area contributed by atoms with E-state index >= 15 is 0 Å². The fourth-order valence-corrected chi connectivity index (χ4v) is 2.47. The van der Waals surface area contributed by atoms with Crippen molar-refractivity contribution >= 4 is 5.96 Å². The van der Waals surface area contributed by atoms with Crippen molar-refractivity contribution in [1.82, 2.24) is 25.4 Å². The van der Waals surface area contributed by atoms with Crippen LogP contribution in [0.4, 0.5) is 0 Å². The summed E-state index contributed by atoms with van der Waals surface area (Å²) in [6, 6.07) is 0. The molecule has 7 heteroatoms. The Morgan fingerprint density at radius 1 is 1.12 bits per heavy atom. The van der Waals surface area contributed by atoms with Crippen LogP contribution in [0.3, 0.4) is 0 Å². The van der Waals surface area contributed by atoms with E-state index in [4.69, 9.17) is 4.74 Å². The van der Waals surface area contributed by atoms with Crippen LogP contribution in [0, 0.1) is 0 Å². The Labute approximate surface area is 152 Å². The van der Waals surface area contributed by atoms with E-state index in [0.29, 0.717) is 0 Å². The van der Waals surface area contributed by atoms with E-state index in [-0.39, 0.29) is 0 Å². The van der Waals surface area contributed by atoms with Crippen molar-refractivity contribution in [3.63, 3.8) is 0 Å². The number of ether oxygens (including phenoxy) is 1. The highest BCUT2D eigenvalue weighted by Crippen LogP contribution is 1.97. The summed E-state index contributed by atoms with van der Waals surface area (Å²) in [5.74, 6) is 1.91. The first kappa shape index (κ1) is 21.4. The van der Waals surface area contributed by atoms with Gasteiger partial charge in [0.2, 0.25) is 0 Å². The molecule has 0 radical (unpaired) electrons. The minimum absolute atomic E-state index is 0.767. The van der Waals surface area contributed by atoms with E-state index in [0.717, 1.165) is 64.0 Å².